The van der Waals surface area contributed by atoms with E-state index in [2.05, 4.69) is 20.5 Å². The van der Waals surface area contributed by atoms with Crippen LogP contribution in [-0.2, 0) is 4.74 Å². The van der Waals surface area contributed by atoms with E-state index >= 15 is 0 Å². The lowest BCUT2D eigenvalue weighted by atomic mass is 9.97. The van der Waals surface area contributed by atoms with Gasteiger partial charge >= 0.3 is 12.0 Å². The fraction of sp³-hybridized carbons (Fsp3) is 0.435. The van der Waals surface area contributed by atoms with Gasteiger partial charge in [-0.1, -0.05) is 17.7 Å². The number of esters is 1. The van der Waals surface area contributed by atoms with Gasteiger partial charge in [-0.25, -0.2) is 14.6 Å². The van der Waals surface area contributed by atoms with E-state index in [-0.39, 0.29) is 24.0 Å². The lowest BCUT2D eigenvalue weighted by Gasteiger charge is -2.34. The molecule has 160 valence electrons. The number of benzene rings is 1. The molecule has 3 rings (SSSR count). The van der Waals surface area contributed by atoms with Crippen LogP contribution < -0.4 is 15.5 Å². The first-order valence-corrected chi connectivity index (χ1v) is 10.4. The minimum Gasteiger partial charge on any atom is -0.459 e. The Kier molecular flexibility index (Phi) is 7.27. The highest BCUT2D eigenvalue weighted by Crippen LogP contribution is 2.25. The van der Waals surface area contributed by atoms with Crippen molar-refractivity contribution >= 4 is 23.5 Å². The summed E-state index contributed by atoms with van der Waals surface area (Å²) in [5.41, 5.74) is 2.40. The highest BCUT2D eigenvalue weighted by Gasteiger charge is 2.25. The van der Waals surface area contributed by atoms with E-state index in [0.29, 0.717) is 17.9 Å². The van der Waals surface area contributed by atoms with Crippen LogP contribution in [0.3, 0.4) is 0 Å². The summed E-state index contributed by atoms with van der Waals surface area (Å²) in [6, 6.07) is 11.0. The van der Waals surface area contributed by atoms with Crippen LogP contribution in [0.5, 0.6) is 0 Å². The number of nitrogens with zero attached hydrogens (tertiary/aromatic N) is 2. The Morgan fingerprint density at radius 3 is 2.73 bits per heavy atom. The number of urea groups is 1. The quantitative estimate of drug-likeness (QED) is 0.704. The summed E-state index contributed by atoms with van der Waals surface area (Å²) in [5.74, 6) is 0.571. The van der Waals surface area contributed by atoms with Gasteiger partial charge in [0.1, 0.15) is 11.4 Å². The third kappa shape index (κ3) is 5.95. The minimum absolute atomic E-state index is 0.184. The van der Waals surface area contributed by atoms with Crippen molar-refractivity contribution in [2.75, 3.05) is 29.9 Å². The van der Waals surface area contributed by atoms with Gasteiger partial charge in [-0.15, -0.1) is 0 Å². The molecule has 0 saturated carbocycles. The zero-order valence-electron chi connectivity index (χ0n) is 17.9. The average Bonchev–Trinajstić information content (AvgIpc) is 2.74. The van der Waals surface area contributed by atoms with E-state index in [9.17, 15) is 9.59 Å². The van der Waals surface area contributed by atoms with Crippen molar-refractivity contribution in [1.82, 2.24) is 10.3 Å². The molecule has 2 heterocycles. The third-order valence-electron chi connectivity index (χ3n) is 5.03. The number of aryl methyl sites for hydroxylation is 1. The summed E-state index contributed by atoms with van der Waals surface area (Å²) in [5, 5.41) is 5.82. The second-order valence-electron chi connectivity index (χ2n) is 7.98. The SMILES string of the molecule is Cc1ccc(NC(=O)NCC2CCCN(c3ncccc3C(=O)OC(C)C)C2)cc1. The van der Waals surface area contributed by atoms with Crippen LogP contribution in [0.25, 0.3) is 0 Å². The number of pyridine rings is 1. The first-order valence-electron chi connectivity index (χ1n) is 10.4. The smallest absolute Gasteiger partial charge is 0.342 e. The molecule has 7 nitrogen and oxygen atoms in total. The first-order chi connectivity index (χ1) is 14.4. The number of nitrogens with one attached hydrogen (secondary N) is 2. The normalized spacial score (nSPS) is 16.3. The molecule has 1 aliphatic heterocycles. The predicted molar refractivity (Wildman–Crippen MR) is 118 cm³/mol. The maximum atomic E-state index is 12.5. The molecule has 7 heteroatoms. The number of aromatic nitrogens is 1. The molecular weight excluding hydrogens is 380 g/mol. The van der Waals surface area contributed by atoms with Gasteiger partial charge in [-0.05, 0) is 63.8 Å². The van der Waals surface area contributed by atoms with E-state index in [1.165, 1.54) is 0 Å². The molecule has 1 aromatic heterocycles. The molecule has 30 heavy (non-hydrogen) atoms. The van der Waals surface area contributed by atoms with Gasteiger partial charge in [0.25, 0.3) is 0 Å². The van der Waals surface area contributed by atoms with Gasteiger partial charge in [0.15, 0.2) is 0 Å². The largest absolute Gasteiger partial charge is 0.459 e. The molecule has 1 fully saturated rings. The molecule has 1 atom stereocenters. The molecule has 1 unspecified atom stereocenters. The Bertz CT molecular complexity index is 867. The number of amides is 2. The van der Waals surface area contributed by atoms with E-state index in [0.717, 1.165) is 37.2 Å². The number of carbonyl (C=O) groups excluding carboxylic acids is 2. The molecule has 0 aliphatic carbocycles. The Morgan fingerprint density at radius 1 is 1.23 bits per heavy atom. The van der Waals surface area contributed by atoms with Crippen molar-refractivity contribution in [2.24, 2.45) is 5.92 Å². The van der Waals surface area contributed by atoms with Crippen LogP contribution in [0, 0.1) is 12.8 Å². The van der Waals surface area contributed by atoms with Crippen molar-refractivity contribution in [1.29, 1.82) is 0 Å². The van der Waals surface area contributed by atoms with Gasteiger partial charge in [0.05, 0.1) is 6.10 Å². The highest BCUT2D eigenvalue weighted by molar-refractivity contribution is 5.95. The minimum atomic E-state index is -0.356. The second-order valence-corrected chi connectivity index (χ2v) is 7.98. The summed E-state index contributed by atoms with van der Waals surface area (Å²) >= 11 is 0. The molecule has 1 aromatic carbocycles. The Hall–Kier alpha value is -3.09. The van der Waals surface area contributed by atoms with Gasteiger partial charge in [-0.2, -0.15) is 0 Å². The van der Waals surface area contributed by atoms with Crippen LogP contribution in [0.2, 0.25) is 0 Å². The number of ether oxygens (including phenoxy) is 1. The molecule has 2 aromatic rings. The maximum Gasteiger partial charge on any atom is 0.342 e. The summed E-state index contributed by atoms with van der Waals surface area (Å²) in [7, 11) is 0. The van der Waals surface area contributed by atoms with Crippen LogP contribution in [-0.4, -0.2) is 42.7 Å². The number of hydrogen-bond acceptors (Lipinski definition) is 5. The van der Waals surface area contributed by atoms with Crippen molar-refractivity contribution in [3.63, 3.8) is 0 Å². The molecular formula is C23H30N4O3. The number of piperidine rings is 1. The van der Waals surface area contributed by atoms with Crippen LogP contribution in [0.4, 0.5) is 16.3 Å². The van der Waals surface area contributed by atoms with E-state index < -0.39 is 0 Å². The fourth-order valence-electron chi connectivity index (χ4n) is 3.56. The second kappa shape index (κ2) is 10.1. The molecule has 1 aliphatic rings. The lowest BCUT2D eigenvalue weighted by molar-refractivity contribution is 0.0378. The molecule has 0 radical (unpaired) electrons. The highest BCUT2D eigenvalue weighted by atomic mass is 16.5. The molecule has 0 spiro atoms. The van der Waals surface area contributed by atoms with Crippen LogP contribution in [0.15, 0.2) is 42.6 Å². The third-order valence-corrected chi connectivity index (χ3v) is 5.03. The Morgan fingerprint density at radius 2 is 2.00 bits per heavy atom. The summed E-state index contributed by atoms with van der Waals surface area (Å²) < 4.78 is 5.37. The van der Waals surface area contributed by atoms with Gasteiger partial charge in [0.2, 0.25) is 0 Å². The van der Waals surface area contributed by atoms with Gasteiger partial charge in [0, 0.05) is 31.5 Å². The van der Waals surface area contributed by atoms with Crippen LogP contribution in [0.1, 0.15) is 42.6 Å². The number of anilines is 2. The summed E-state index contributed by atoms with van der Waals surface area (Å²) in [6.07, 6.45) is 3.50. The van der Waals surface area contributed by atoms with Crippen molar-refractivity contribution < 1.29 is 14.3 Å². The summed E-state index contributed by atoms with van der Waals surface area (Å²) in [6.45, 7) is 7.78. The molecule has 0 bridgehead atoms. The van der Waals surface area contributed by atoms with Gasteiger partial charge < -0.3 is 20.3 Å². The predicted octanol–water partition coefficient (Wildman–Crippen LogP) is 3.99. The van der Waals surface area contributed by atoms with Crippen molar-refractivity contribution in [3.8, 4) is 0 Å². The number of carbonyl (C=O) groups is 2. The average molecular weight is 411 g/mol. The van der Waals surface area contributed by atoms with E-state index in [1.54, 1.807) is 18.3 Å². The molecule has 1 saturated heterocycles. The standard InChI is InChI=1S/C23H30N4O3/c1-16(2)30-22(28)20-7-4-12-24-21(20)27-13-5-6-18(15-27)14-25-23(29)26-19-10-8-17(3)9-11-19/h4,7-12,16,18H,5-6,13-15H2,1-3H3,(H2,25,26,29). The Balaban J connectivity index is 1.57. The zero-order valence-corrected chi connectivity index (χ0v) is 17.9. The maximum absolute atomic E-state index is 12.5. The van der Waals surface area contributed by atoms with Gasteiger partial charge in [-0.3, -0.25) is 0 Å². The monoisotopic (exact) mass is 410 g/mol. The summed E-state index contributed by atoms with van der Waals surface area (Å²) in [4.78, 5) is 31.2. The van der Waals surface area contributed by atoms with Crippen LogP contribution >= 0.6 is 0 Å². The topological polar surface area (TPSA) is 83.6 Å². The molecule has 2 N–H and O–H groups in total. The van der Waals surface area contributed by atoms with Crippen molar-refractivity contribution in [3.05, 3.63) is 53.7 Å². The van der Waals surface area contributed by atoms with Crippen molar-refractivity contribution in [2.45, 2.75) is 39.7 Å². The number of rotatable bonds is 6. The molecule has 2 amide bonds. The lowest BCUT2D eigenvalue weighted by Crippen LogP contribution is -2.42. The van der Waals surface area contributed by atoms with E-state index in [4.69, 9.17) is 4.74 Å². The zero-order chi connectivity index (χ0) is 21.5. The number of hydrogen-bond donors (Lipinski definition) is 2. The fourth-order valence-corrected chi connectivity index (χ4v) is 3.56. The van der Waals surface area contributed by atoms with E-state index in [1.807, 2.05) is 45.0 Å². The Labute approximate surface area is 177 Å². The first kappa shape index (κ1) is 21.6.